The van der Waals surface area contributed by atoms with E-state index < -0.39 is 23.1 Å². The van der Waals surface area contributed by atoms with Crippen molar-refractivity contribution in [2.75, 3.05) is 6.54 Å². The second kappa shape index (κ2) is 9.59. The predicted molar refractivity (Wildman–Crippen MR) is 144 cm³/mol. The maximum absolute atomic E-state index is 13.1. The molecule has 8 nitrogen and oxygen atoms in total. The molecule has 0 bridgehead atoms. The number of nitrogens with one attached hydrogen (secondary N) is 2. The molecule has 2 atom stereocenters. The number of rotatable bonds is 5. The quantitative estimate of drug-likeness (QED) is 0.375. The lowest BCUT2D eigenvalue weighted by Crippen LogP contribution is -2.51. The van der Waals surface area contributed by atoms with E-state index in [2.05, 4.69) is 31.4 Å². The Labute approximate surface area is 219 Å². The van der Waals surface area contributed by atoms with Crippen LogP contribution >= 0.6 is 0 Å². The summed E-state index contributed by atoms with van der Waals surface area (Å²) in [5, 5.41) is 7.28. The maximum Gasteiger partial charge on any atom is 0.349 e. The molecule has 1 aliphatic carbocycles. The first-order valence-corrected chi connectivity index (χ1v) is 12.7. The summed E-state index contributed by atoms with van der Waals surface area (Å²) in [5.41, 5.74) is -1.09. The molecule has 2 aromatic heterocycles. The van der Waals surface area contributed by atoms with Crippen molar-refractivity contribution in [3.63, 3.8) is 0 Å². The zero-order valence-corrected chi connectivity index (χ0v) is 21.6. The number of amides is 2. The lowest BCUT2D eigenvalue weighted by Gasteiger charge is -2.47. The Balaban J connectivity index is 1.31. The van der Waals surface area contributed by atoms with Crippen LogP contribution in [0, 0.1) is 10.8 Å². The van der Waals surface area contributed by atoms with Crippen molar-refractivity contribution < 1.29 is 18.4 Å². The summed E-state index contributed by atoms with van der Waals surface area (Å²) in [6, 6.07) is 17.0. The van der Waals surface area contributed by atoms with Crippen LogP contribution in [0.2, 0.25) is 0 Å². The van der Waals surface area contributed by atoms with E-state index in [1.807, 2.05) is 12.1 Å². The molecular weight excluding hydrogens is 484 g/mol. The van der Waals surface area contributed by atoms with Gasteiger partial charge in [-0.2, -0.15) is 0 Å². The second-order valence-electron chi connectivity index (χ2n) is 11.4. The highest BCUT2D eigenvalue weighted by molar-refractivity contribution is 5.97. The van der Waals surface area contributed by atoms with Crippen LogP contribution in [0.3, 0.4) is 0 Å². The molecular formula is C30H30N2O6. The molecule has 1 saturated carbocycles. The van der Waals surface area contributed by atoms with Crippen molar-refractivity contribution in [1.82, 2.24) is 10.6 Å². The van der Waals surface area contributed by atoms with Gasteiger partial charge in [0.2, 0.25) is 0 Å². The number of carbonyl (C=O) groups excluding carboxylic acids is 2. The van der Waals surface area contributed by atoms with Gasteiger partial charge in [0.25, 0.3) is 11.8 Å². The first kappa shape index (κ1) is 25.4. The van der Waals surface area contributed by atoms with Crippen molar-refractivity contribution in [2.24, 2.45) is 10.8 Å². The number of fused-ring (bicyclic) bond motifs is 2. The molecule has 0 spiro atoms. The lowest BCUT2D eigenvalue weighted by atomic mass is 9.62. The summed E-state index contributed by atoms with van der Waals surface area (Å²) < 4.78 is 10.6. The summed E-state index contributed by atoms with van der Waals surface area (Å²) in [7, 11) is 0. The van der Waals surface area contributed by atoms with Crippen molar-refractivity contribution >= 4 is 33.8 Å². The predicted octanol–water partition coefficient (Wildman–Crippen LogP) is 4.64. The largest absolute Gasteiger partial charge is 0.422 e. The van der Waals surface area contributed by atoms with E-state index in [1.54, 1.807) is 48.5 Å². The van der Waals surface area contributed by atoms with Crippen molar-refractivity contribution in [1.29, 1.82) is 0 Å². The Hall–Kier alpha value is -4.20. The minimum absolute atomic E-state index is 0.0369. The molecule has 2 amide bonds. The zero-order chi connectivity index (χ0) is 27.1. The molecule has 196 valence electrons. The molecule has 8 heteroatoms. The van der Waals surface area contributed by atoms with E-state index in [1.165, 1.54) is 0 Å². The summed E-state index contributed by atoms with van der Waals surface area (Å²) in [6.45, 7) is 6.61. The van der Waals surface area contributed by atoms with Crippen LogP contribution in [0.5, 0.6) is 0 Å². The Bertz CT molecular complexity index is 1670. The molecule has 4 aromatic rings. The number of carbonyl (C=O) groups is 2. The molecule has 38 heavy (non-hydrogen) atoms. The van der Waals surface area contributed by atoms with Gasteiger partial charge in [-0.1, -0.05) is 57.2 Å². The van der Waals surface area contributed by atoms with Crippen LogP contribution in [0.25, 0.3) is 21.9 Å². The normalized spacial score (nSPS) is 20.8. The number of benzene rings is 2. The molecule has 1 fully saturated rings. The van der Waals surface area contributed by atoms with Crippen LogP contribution in [-0.2, 0) is 0 Å². The summed E-state index contributed by atoms with van der Waals surface area (Å²) in [4.78, 5) is 51.0. The fourth-order valence-corrected chi connectivity index (χ4v) is 5.96. The van der Waals surface area contributed by atoms with Crippen LogP contribution in [-0.4, -0.2) is 24.4 Å². The molecule has 0 aliphatic heterocycles. The van der Waals surface area contributed by atoms with Gasteiger partial charge in [-0.25, -0.2) is 9.59 Å². The molecule has 0 radical (unpaired) electrons. The molecule has 2 aromatic carbocycles. The summed E-state index contributed by atoms with van der Waals surface area (Å²) >= 11 is 0. The van der Waals surface area contributed by atoms with Gasteiger partial charge in [0.15, 0.2) is 0 Å². The Morgan fingerprint density at radius 1 is 0.816 bits per heavy atom. The van der Waals surface area contributed by atoms with Gasteiger partial charge in [-0.3, -0.25) is 9.59 Å². The van der Waals surface area contributed by atoms with Gasteiger partial charge >= 0.3 is 11.3 Å². The van der Waals surface area contributed by atoms with E-state index in [0.717, 1.165) is 12.8 Å². The highest BCUT2D eigenvalue weighted by atomic mass is 16.4. The van der Waals surface area contributed by atoms with Crippen molar-refractivity contribution in [3.05, 3.63) is 92.6 Å². The first-order chi connectivity index (χ1) is 18.0. The SMILES string of the molecule is CC1(C)C[C@@H](NC(=O)c2cc3ccccc3oc2=O)C[C@](C)(CNC(=O)c2cc3ccccc3oc2=O)C1. The topological polar surface area (TPSA) is 119 Å². The maximum atomic E-state index is 13.1. The second-order valence-corrected chi connectivity index (χ2v) is 11.4. The average molecular weight is 515 g/mol. The number of para-hydroxylation sites is 2. The van der Waals surface area contributed by atoms with E-state index in [4.69, 9.17) is 8.83 Å². The van der Waals surface area contributed by atoms with Gasteiger partial charge in [-0.15, -0.1) is 0 Å². The summed E-state index contributed by atoms with van der Waals surface area (Å²) in [6.07, 6.45) is 2.11. The van der Waals surface area contributed by atoms with Gasteiger partial charge in [-0.05, 0) is 54.4 Å². The van der Waals surface area contributed by atoms with E-state index in [9.17, 15) is 19.2 Å². The van der Waals surface area contributed by atoms with Crippen molar-refractivity contribution in [3.8, 4) is 0 Å². The van der Waals surface area contributed by atoms with Gasteiger partial charge in [0, 0.05) is 23.4 Å². The Morgan fingerprint density at radius 3 is 1.92 bits per heavy atom. The third kappa shape index (κ3) is 5.25. The van der Waals surface area contributed by atoms with E-state index in [0.29, 0.717) is 34.9 Å². The molecule has 0 saturated heterocycles. The lowest BCUT2D eigenvalue weighted by molar-refractivity contribution is 0.0590. The zero-order valence-electron chi connectivity index (χ0n) is 21.6. The standard InChI is InChI=1S/C30H30N2O6/c1-29(2)14-20(32-26(34)22-13-19-9-5-7-11-24(19)38-28(22)36)15-30(3,16-29)17-31-25(33)21-12-18-8-4-6-10-23(18)37-27(21)35/h4-13,20H,14-17H2,1-3H3,(H,31,33)(H,32,34)/t20-,30+/m1/s1. The first-order valence-electron chi connectivity index (χ1n) is 12.7. The van der Waals surface area contributed by atoms with Crippen LogP contribution in [0.1, 0.15) is 60.7 Å². The minimum atomic E-state index is -0.685. The fourth-order valence-electron chi connectivity index (χ4n) is 5.96. The van der Waals surface area contributed by atoms with Crippen LogP contribution in [0.15, 0.2) is 79.1 Å². The third-order valence-electron chi connectivity index (χ3n) is 7.23. The number of hydrogen-bond acceptors (Lipinski definition) is 6. The highest BCUT2D eigenvalue weighted by Gasteiger charge is 2.42. The van der Waals surface area contributed by atoms with Gasteiger partial charge < -0.3 is 19.5 Å². The third-order valence-corrected chi connectivity index (χ3v) is 7.23. The average Bonchev–Trinajstić information content (AvgIpc) is 2.85. The monoisotopic (exact) mass is 514 g/mol. The number of hydrogen-bond donors (Lipinski definition) is 2. The van der Waals surface area contributed by atoms with Crippen molar-refractivity contribution in [2.45, 2.75) is 46.1 Å². The Morgan fingerprint density at radius 2 is 1.34 bits per heavy atom. The molecule has 2 N–H and O–H groups in total. The highest BCUT2D eigenvalue weighted by Crippen LogP contribution is 2.45. The fraction of sp³-hybridized carbons (Fsp3) is 0.333. The molecule has 2 heterocycles. The van der Waals surface area contributed by atoms with E-state index >= 15 is 0 Å². The molecule has 5 rings (SSSR count). The molecule has 1 aliphatic rings. The summed E-state index contributed by atoms with van der Waals surface area (Å²) in [5.74, 6) is -0.976. The van der Waals surface area contributed by atoms with Crippen LogP contribution in [0.4, 0.5) is 0 Å². The molecule has 0 unspecified atom stereocenters. The minimum Gasteiger partial charge on any atom is -0.422 e. The smallest absolute Gasteiger partial charge is 0.349 e. The Kier molecular flexibility index (Phi) is 6.42. The van der Waals surface area contributed by atoms with E-state index in [-0.39, 0.29) is 28.0 Å². The van der Waals surface area contributed by atoms with Gasteiger partial charge in [0.05, 0.1) is 0 Å². The van der Waals surface area contributed by atoms with Crippen LogP contribution < -0.4 is 21.9 Å². The van der Waals surface area contributed by atoms with Gasteiger partial charge in [0.1, 0.15) is 22.3 Å².